The lowest BCUT2D eigenvalue weighted by atomic mass is 10.1. The van der Waals surface area contributed by atoms with Gasteiger partial charge in [0.25, 0.3) is 0 Å². The summed E-state index contributed by atoms with van der Waals surface area (Å²) in [6, 6.07) is 5.72. The Balaban J connectivity index is 1.54. The number of benzene rings is 1. The van der Waals surface area contributed by atoms with Crippen molar-refractivity contribution in [2.75, 3.05) is 44.7 Å². The molecule has 2 heterocycles. The van der Waals surface area contributed by atoms with E-state index in [2.05, 4.69) is 51.3 Å². The third-order valence-electron chi connectivity index (χ3n) is 6.41. The molecule has 2 aromatic rings. The average molecular weight is 444 g/mol. The Morgan fingerprint density at radius 3 is 2.50 bits per heavy atom. The third-order valence-corrected chi connectivity index (χ3v) is 6.41. The molecular formula is C24H38FN7. The van der Waals surface area contributed by atoms with Crippen LogP contribution < -0.4 is 15.5 Å². The molecule has 0 amide bonds. The third kappa shape index (κ3) is 5.79. The van der Waals surface area contributed by atoms with Crippen LogP contribution in [0.4, 0.5) is 10.1 Å². The van der Waals surface area contributed by atoms with Gasteiger partial charge in [-0.15, -0.1) is 0 Å². The summed E-state index contributed by atoms with van der Waals surface area (Å²) in [5.74, 6) is 0.546. The molecule has 1 aromatic heterocycles. The Bertz CT molecular complexity index is 929. The van der Waals surface area contributed by atoms with Crippen LogP contribution in [0.5, 0.6) is 0 Å². The summed E-state index contributed by atoms with van der Waals surface area (Å²) in [5, 5.41) is 11.2. The molecule has 0 aliphatic carbocycles. The van der Waals surface area contributed by atoms with Crippen LogP contribution in [0.15, 0.2) is 23.2 Å². The fraction of sp³-hybridized carbons (Fsp3) is 0.583. The Hall–Kier alpha value is -2.61. The summed E-state index contributed by atoms with van der Waals surface area (Å²) < 4.78 is 16.7. The standard InChI is InChI=1S/C24H38FN7/c1-7-31-10-12-32(13-11-31)23-9-8-20(15-22(23)25)16-27-24(26-5)28-17(2)14-21-18(3)29-30(6)19(21)4/h8-9,15,17H,7,10-14,16H2,1-6H3,(H2,26,27,28). The number of hydrogen-bond donors (Lipinski definition) is 2. The van der Waals surface area contributed by atoms with E-state index in [0.717, 1.165) is 50.4 Å². The first-order valence-electron chi connectivity index (χ1n) is 11.5. The summed E-state index contributed by atoms with van der Waals surface area (Å²) in [6.45, 7) is 13.7. The van der Waals surface area contributed by atoms with Crippen LogP contribution >= 0.6 is 0 Å². The fourth-order valence-electron chi connectivity index (χ4n) is 4.31. The fourth-order valence-corrected chi connectivity index (χ4v) is 4.31. The molecule has 1 atom stereocenters. The molecule has 1 aliphatic rings. The molecule has 8 heteroatoms. The van der Waals surface area contributed by atoms with E-state index in [1.807, 2.05) is 30.8 Å². The second-order valence-electron chi connectivity index (χ2n) is 8.66. The molecule has 1 fully saturated rings. The number of likely N-dealkylation sites (N-methyl/N-ethyl adjacent to an activating group) is 1. The lowest BCUT2D eigenvalue weighted by Gasteiger charge is -2.35. The number of aryl methyl sites for hydroxylation is 2. The van der Waals surface area contributed by atoms with Gasteiger partial charge in [-0.1, -0.05) is 13.0 Å². The molecule has 0 bridgehead atoms. The second kappa shape index (κ2) is 10.8. The number of rotatable bonds is 7. The largest absolute Gasteiger partial charge is 0.367 e. The average Bonchev–Trinajstić information content (AvgIpc) is 3.02. The summed E-state index contributed by atoms with van der Waals surface area (Å²) in [5.41, 5.74) is 5.11. The van der Waals surface area contributed by atoms with Crippen molar-refractivity contribution in [1.29, 1.82) is 0 Å². The molecule has 1 aliphatic heterocycles. The Labute approximate surface area is 191 Å². The number of nitrogens with zero attached hydrogens (tertiary/aromatic N) is 5. The molecule has 2 N–H and O–H groups in total. The highest BCUT2D eigenvalue weighted by Crippen LogP contribution is 2.22. The smallest absolute Gasteiger partial charge is 0.191 e. The normalized spacial score (nSPS) is 16.3. The van der Waals surface area contributed by atoms with Gasteiger partial charge in [0.2, 0.25) is 0 Å². The first-order chi connectivity index (χ1) is 15.3. The van der Waals surface area contributed by atoms with E-state index >= 15 is 0 Å². The topological polar surface area (TPSA) is 60.7 Å². The number of aromatic nitrogens is 2. The molecule has 0 saturated carbocycles. The molecule has 176 valence electrons. The lowest BCUT2D eigenvalue weighted by Crippen LogP contribution is -2.46. The van der Waals surface area contributed by atoms with Crippen molar-refractivity contribution in [3.05, 3.63) is 46.5 Å². The van der Waals surface area contributed by atoms with Gasteiger partial charge in [-0.3, -0.25) is 9.67 Å². The van der Waals surface area contributed by atoms with Gasteiger partial charge in [-0.2, -0.15) is 5.10 Å². The van der Waals surface area contributed by atoms with Crippen LogP contribution in [0.3, 0.4) is 0 Å². The predicted octanol–water partition coefficient (Wildman–Crippen LogP) is 2.61. The minimum absolute atomic E-state index is 0.159. The molecule has 1 unspecified atom stereocenters. The monoisotopic (exact) mass is 443 g/mol. The minimum Gasteiger partial charge on any atom is -0.367 e. The molecule has 3 rings (SSSR count). The van der Waals surface area contributed by atoms with E-state index in [1.165, 1.54) is 11.3 Å². The number of guanidine groups is 1. The van der Waals surface area contributed by atoms with Gasteiger partial charge in [0.15, 0.2) is 5.96 Å². The number of hydrogen-bond acceptors (Lipinski definition) is 4. The molecule has 7 nitrogen and oxygen atoms in total. The number of piperazine rings is 1. The zero-order chi connectivity index (χ0) is 23.3. The molecule has 32 heavy (non-hydrogen) atoms. The van der Waals surface area contributed by atoms with E-state index in [-0.39, 0.29) is 11.9 Å². The van der Waals surface area contributed by atoms with E-state index in [1.54, 1.807) is 13.1 Å². The predicted molar refractivity (Wildman–Crippen MR) is 130 cm³/mol. The van der Waals surface area contributed by atoms with E-state index in [0.29, 0.717) is 18.2 Å². The van der Waals surface area contributed by atoms with Gasteiger partial charge < -0.3 is 20.4 Å². The maximum Gasteiger partial charge on any atom is 0.191 e. The Morgan fingerprint density at radius 2 is 1.94 bits per heavy atom. The number of anilines is 1. The summed E-state index contributed by atoms with van der Waals surface area (Å²) >= 11 is 0. The van der Waals surface area contributed by atoms with Crippen molar-refractivity contribution >= 4 is 11.6 Å². The van der Waals surface area contributed by atoms with Crippen molar-refractivity contribution in [1.82, 2.24) is 25.3 Å². The van der Waals surface area contributed by atoms with Crippen LogP contribution in [0.1, 0.15) is 36.4 Å². The maximum atomic E-state index is 14.8. The highest BCUT2D eigenvalue weighted by molar-refractivity contribution is 5.80. The summed E-state index contributed by atoms with van der Waals surface area (Å²) in [4.78, 5) is 8.86. The van der Waals surface area contributed by atoms with E-state index in [9.17, 15) is 4.39 Å². The molecule has 0 radical (unpaired) electrons. The summed E-state index contributed by atoms with van der Waals surface area (Å²) in [7, 11) is 3.72. The zero-order valence-corrected chi connectivity index (χ0v) is 20.4. The van der Waals surface area contributed by atoms with Gasteiger partial charge in [-0.05, 0) is 57.0 Å². The van der Waals surface area contributed by atoms with Crippen molar-refractivity contribution in [2.24, 2.45) is 12.0 Å². The van der Waals surface area contributed by atoms with Crippen molar-refractivity contribution in [3.63, 3.8) is 0 Å². The van der Waals surface area contributed by atoms with Gasteiger partial charge in [0.1, 0.15) is 5.82 Å². The Kier molecular flexibility index (Phi) is 8.12. The van der Waals surface area contributed by atoms with Gasteiger partial charge in [0.05, 0.1) is 11.4 Å². The van der Waals surface area contributed by atoms with Crippen molar-refractivity contribution < 1.29 is 4.39 Å². The minimum atomic E-state index is -0.159. The van der Waals surface area contributed by atoms with Gasteiger partial charge in [0, 0.05) is 58.6 Å². The maximum absolute atomic E-state index is 14.8. The van der Waals surface area contributed by atoms with Crippen molar-refractivity contribution in [3.8, 4) is 0 Å². The first kappa shape index (κ1) is 24.0. The van der Waals surface area contributed by atoms with Crippen molar-refractivity contribution in [2.45, 2.75) is 46.7 Å². The first-order valence-corrected chi connectivity index (χ1v) is 11.5. The van der Waals surface area contributed by atoms with E-state index < -0.39 is 0 Å². The van der Waals surface area contributed by atoms with Crippen LogP contribution in [-0.4, -0.2) is 66.5 Å². The zero-order valence-electron chi connectivity index (χ0n) is 20.4. The van der Waals surface area contributed by atoms with Crippen LogP contribution in [0, 0.1) is 19.7 Å². The van der Waals surface area contributed by atoms with Crippen LogP contribution in [0.2, 0.25) is 0 Å². The molecule has 1 aromatic carbocycles. The van der Waals surface area contributed by atoms with Gasteiger partial charge >= 0.3 is 0 Å². The molecule has 0 spiro atoms. The van der Waals surface area contributed by atoms with E-state index in [4.69, 9.17) is 0 Å². The SMILES string of the molecule is CCN1CCN(c2ccc(CNC(=NC)NC(C)Cc3c(C)nn(C)c3C)cc2F)CC1. The van der Waals surface area contributed by atoms with Gasteiger partial charge in [-0.25, -0.2) is 4.39 Å². The quantitative estimate of drug-likeness (QED) is 0.509. The number of nitrogens with one attached hydrogen (secondary N) is 2. The molecule has 1 saturated heterocycles. The lowest BCUT2D eigenvalue weighted by molar-refractivity contribution is 0.270. The summed E-state index contributed by atoms with van der Waals surface area (Å²) in [6.07, 6.45) is 0.862. The highest BCUT2D eigenvalue weighted by Gasteiger charge is 2.19. The number of aliphatic imine (C=N–C) groups is 1. The van der Waals surface area contributed by atoms with Crippen LogP contribution in [-0.2, 0) is 20.0 Å². The highest BCUT2D eigenvalue weighted by atomic mass is 19.1. The second-order valence-corrected chi connectivity index (χ2v) is 8.66. The van der Waals surface area contributed by atoms with Crippen LogP contribution in [0.25, 0.3) is 0 Å². The Morgan fingerprint density at radius 1 is 1.22 bits per heavy atom. The number of halogens is 1. The molecular weight excluding hydrogens is 405 g/mol.